The van der Waals surface area contributed by atoms with Crippen molar-refractivity contribution in [2.75, 3.05) is 0 Å². The molecule has 0 aliphatic heterocycles. The van der Waals surface area contributed by atoms with Crippen LogP contribution in [0.4, 0.5) is 0 Å². The maximum absolute atomic E-state index is 2.36. The molecule has 0 saturated heterocycles. The predicted molar refractivity (Wildman–Crippen MR) is 237 cm³/mol. The molecular weight excluding hydrogens is 649 g/mol. The van der Waals surface area contributed by atoms with Crippen LogP contribution in [0.1, 0.15) is 33.4 Å². The molecule has 260 valence electrons. The first-order valence-corrected chi connectivity index (χ1v) is 19.1. The van der Waals surface area contributed by atoms with E-state index in [0.717, 1.165) is 0 Å². The molecule has 0 spiro atoms. The maximum Gasteiger partial charge on any atom is -0.00961 e. The van der Waals surface area contributed by atoms with Gasteiger partial charge in [0.05, 0.1) is 0 Å². The summed E-state index contributed by atoms with van der Waals surface area (Å²) in [5, 5.41) is 16.2. The zero-order chi connectivity index (χ0) is 37.1. The average molecular weight is 693 g/mol. The average Bonchev–Trinajstić information content (AvgIpc) is 3.19. The molecule has 0 fully saturated rings. The fourth-order valence-corrected chi connectivity index (χ4v) is 8.64. The topological polar surface area (TPSA) is 0 Å². The van der Waals surface area contributed by atoms with Crippen LogP contribution in [0.15, 0.2) is 158 Å². The fourth-order valence-electron chi connectivity index (χ4n) is 8.64. The van der Waals surface area contributed by atoms with Crippen LogP contribution in [0.2, 0.25) is 0 Å². The van der Waals surface area contributed by atoms with Gasteiger partial charge in [-0.15, -0.1) is 0 Å². The summed E-state index contributed by atoms with van der Waals surface area (Å²) in [4.78, 5) is 0. The van der Waals surface area contributed by atoms with Crippen LogP contribution in [0.25, 0.3) is 86.9 Å². The van der Waals surface area contributed by atoms with Crippen molar-refractivity contribution in [3.05, 3.63) is 191 Å². The molecule has 0 aliphatic carbocycles. The van der Waals surface area contributed by atoms with E-state index in [1.165, 1.54) is 120 Å². The normalized spacial score (nSPS) is 11.5. The lowest BCUT2D eigenvalue weighted by atomic mass is 9.90. The van der Waals surface area contributed by atoms with E-state index in [0.29, 0.717) is 0 Å². The quantitative estimate of drug-likeness (QED) is 0.158. The molecule has 0 nitrogen and oxygen atoms in total. The molecule has 0 heterocycles. The number of rotatable bonds is 2. The first kappa shape index (κ1) is 33.6. The van der Waals surface area contributed by atoms with Gasteiger partial charge in [0.15, 0.2) is 0 Å². The van der Waals surface area contributed by atoms with Gasteiger partial charge in [-0.1, -0.05) is 157 Å². The van der Waals surface area contributed by atoms with E-state index in [9.17, 15) is 0 Å². The van der Waals surface area contributed by atoms with Gasteiger partial charge in [-0.2, -0.15) is 0 Å². The molecule has 54 heavy (non-hydrogen) atoms. The van der Waals surface area contributed by atoms with Crippen molar-refractivity contribution in [2.45, 2.75) is 41.5 Å². The van der Waals surface area contributed by atoms with Gasteiger partial charge in [-0.25, -0.2) is 0 Å². The molecule has 0 aliphatic rings. The third kappa shape index (κ3) is 5.80. The molecule has 0 aromatic heterocycles. The monoisotopic (exact) mass is 692 g/mol. The highest BCUT2D eigenvalue weighted by Gasteiger charge is 2.12. The van der Waals surface area contributed by atoms with E-state index < -0.39 is 0 Å². The van der Waals surface area contributed by atoms with Crippen LogP contribution in [-0.2, 0) is 0 Å². The summed E-state index contributed by atoms with van der Waals surface area (Å²) in [6.07, 6.45) is 0. The smallest absolute Gasteiger partial charge is 0.00961 e. The Kier molecular flexibility index (Phi) is 8.28. The van der Waals surface area contributed by atoms with Gasteiger partial charge in [-0.05, 0) is 163 Å². The maximum atomic E-state index is 2.36. The van der Waals surface area contributed by atoms with E-state index in [1.54, 1.807) is 0 Å². The van der Waals surface area contributed by atoms with Crippen LogP contribution in [-0.4, -0.2) is 0 Å². The summed E-state index contributed by atoms with van der Waals surface area (Å²) >= 11 is 0. The number of benzene rings is 10. The van der Waals surface area contributed by atoms with Crippen LogP contribution in [0.5, 0.6) is 0 Å². The van der Waals surface area contributed by atoms with Crippen molar-refractivity contribution in [3.8, 4) is 22.3 Å². The first-order valence-electron chi connectivity index (χ1n) is 19.1. The summed E-state index contributed by atoms with van der Waals surface area (Å²) < 4.78 is 0. The molecule has 0 bridgehead atoms. The molecule has 0 atom stereocenters. The Morgan fingerprint density at radius 2 is 0.574 bits per heavy atom. The summed E-state index contributed by atoms with van der Waals surface area (Å²) in [5.41, 5.74) is 13.1. The van der Waals surface area contributed by atoms with Crippen molar-refractivity contribution < 1.29 is 0 Å². The largest absolute Gasteiger partial charge is 0.0616 e. The van der Waals surface area contributed by atoms with Gasteiger partial charge < -0.3 is 0 Å². The second-order valence-corrected chi connectivity index (χ2v) is 15.3. The fraction of sp³-hybridized carbons (Fsp3) is 0.111. The van der Waals surface area contributed by atoms with Crippen LogP contribution < -0.4 is 0 Å². The molecule has 0 N–H and O–H groups in total. The third-order valence-electron chi connectivity index (χ3n) is 11.5. The van der Waals surface area contributed by atoms with Gasteiger partial charge in [0.1, 0.15) is 0 Å². The van der Waals surface area contributed by atoms with Crippen LogP contribution >= 0.6 is 0 Å². The molecule has 0 amide bonds. The number of fused-ring (bicyclic) bond motifs is 10. The second-order valence-electron chi connectivity index (χ2n) is 15.3. The third-order valence-corrected chi connectivity index (χ3v) is 11.5. The Bertz CT molecular complexity index is 3090. The molecular formula is C54H44. The number of hydrogen-bond donors (Lipinski definition) is 0. The van der Waals surface area contributed by atoms with Crippen LogP contribution in [0.3, 0.4) is 0 Å². The summed E-state index contributed by atoms with van der Waals surface area (Å²) in [7, 11) is 0. The molecule has 0 unspecified atom stereocenters. The zero-order valence-electron chi connectivity index (χ0n) is 32.0. The molecule has 0 heteroatoms. The minimum Gasteiger partial charge on any atom is -0.0616 e. The Hall–Kier alpha value is -6.24. The van der Waals surface area contributed by atoms with E-state index in [-0.39, 0.29) is 0 Å². The summed E-state index contributed by atoms with van der Waals surface area (Å²) in [6.45, 7) is 13.2. The van der Waals surface area contributed by atoms with Gasteiger partial charge in [-0.3, -0.25) is 0 Å². The lowest BCUT2D eigenvalue weighted by Crippen LogP contribution is -1.88. The van der Waals surface area contributed by atoms with Crippen LogP contribution in [0, 0.1) is 41.5 Å². The highest BCUT2D eigenvalue weighted by molar-refractivity contribution is 6.20. The minimum atomic E-state index is 1.27. The SMILES string of the molecule is Cc1ccc(-c2ccc3c(c2)c(C)cc2c4ccccc4c(C)cc32)cc1.Cc1cccc(-c2ccc3c(c2)c(C)cc2c4ccccc4c(C)cc32)c1. The number of hydrogen-bond acceptors (Lipinski definition) is 0. The number of aryl methyl sites for hydroxylation is 6. The van der Waals surface area contributed by atoms with Gasteiger partial charge in [0.25, 0.3) is 0 Å². The minimum absolute atomic E-state index is 1.27. The Morgan fingerprint density at radius 3 is 1.04 bits per heavy atom. The van der Waals surface area contributed by atoms with E-state index in [2.05, 4.69) is 199 Å². The Labute approximate surface area is 318 Å². The molecule has 10 aromatic carbocycles. The molecule has 10 rings (SSSR count). The van der Waals surface area contributed by atoms with Gasteiger partial charge in [0.2, 0.25) is 0 Å². The molecule has 0 saturated carbocycles. The highest BCUT2D eigenvalue weighted by Crippen LogP contribution is 2.38. The predicted octanol–water partition coefficient (Wildman–Crippen LogP) is 15.5. The highest BCUT2D eigenvalue weighted by atomic mass is 14.2. The second kappa shape index (κ2) is 13.3. The Balaban J connectivity index is 0.000000142. The molecule has 10 aromatic rings. The van der Waals surface area contributed by atoms with E-state index in [4.69, 9.17) is 0 Å². The van der Waals surface area contributed by atoms with Crippen molar-refractivity contribution in [3.63, 3.8) is 0 Å². The van der Waals surface area contributed by atoms with Crippen molar-refractivity contribution in [1.82, 2.24) is 0 Å². The zero-order valence-corrected chi connectivity index (χ0v) is 32.0. The lowest BCUT2D eigenvalue weighted by Gasteiger charge is -2.14. The van der Waals surface area contributed by atoms with Crippen molar-refractivity contribution >= 4 is 64.6 Å². The lowest BCUT2D eigenvalue weighted by molar-refractivity contribution is 1.47. The summed E-state index contributed by atoms with van der Waals surface area (Å²) in [5.74, 6) is 0. The van der Waals surface area contributed by atoms with E-state index in [1.807, 2.05) is 0 Å². The Morgan fingerprint density at radius 1 is 0.204 bits per heavy atom. The van der Waals surface area contributed by atoms with Crippen molar-refractivity contribution in [2.24, 2.45) is 0 Å². The standard InChI is InChI=1S/2C27H22/c1-17-7-6-8-20(13-17)21-11-12-24-25(16-21)19(3)15-26-23-10-5-4-9-22(23)18(2)14-27(24)26;1-17-8-10-20(11-9-17)21-12-13-24-25(16-21)19(3)15-26-23-7-5-4-6-22(23)18(2)14-27(24)26/h2*4-16H,1-3H3. The van der Waals surface area contributed by atoms with Gasteiger partial charge >= 0.3 is 0 Å². The summed E-state index contributed by atoms with van der Waals surface area (Å²) in [6, 6.07) is 58.3. The van der Waals surface area contributed by atoms with E-state index >= 15 is 0 Å². The first-order chi connectivity index (χ1) is 26.2. The van der Waals surface area contributed by atoms with Gasteiger partial charge in [0, 0.05) is 0 Å². The molecule has 0 radical (unpaired) electrons. The van der Waals surface area contributed by atoms with Crippen molar-refractivity contribution in [1.29, 1.82) is 0 Å².